The molecule has 1 aromatic carbocycles. The average molecular weight is 394 g/mol. The van der Waals surface area contributed by atoms with Crippen LogP contribution in [0.3, 0.4) is 0 Å². The van der Waals surface area contributed by atoms with Crippen molar-refractivity contribution in [2.24, 2.45) is 7.05 Å². The maximum atomic E-state index is 12.3. The third-order valence-corrected chi connectivity index (χ3v) is 4.54. The summed E-state index contributed by atoms with van der Waals surface area (Å²) >= 11 is 0. The van der Waals surface area contributed by atoms with Gasteiger partial charge in [0.25, 0.3) is 5.91 Å². The number of amides is 1. The molecular formula is C21H22N4O4. The van der Waals surface area contributed by atoms with Crippen LogP contribution in [0.1, 0.15) is 28.5 Å². The number of ketones is 1. The van der Waals surface area contributed by atoms with Gasteiger partial charge in [0.05, 0.1) is 17.3 Å². The molecule has 0 bridgehead atoms. The Hall–Kier alpha value is -3.55. The van der Waals surface area contributed by atoms with Crippen LogP contribution in [0.25, 0.3) is 11.0 Å². The minimum atomic E-state index is -0.681. The topological polar surface area (TPSA) is 103 Å². The largest absolute Gasteiger partial charge is 0.452 e. The van der Waals surface area contributed by atoms with Crippen molar-refractivity contribution in [3.8, 4) is 0 Å². The molecule has 3 rings (SSSR count). The summed E-state index contributed by atoms with van der Waals surface area (Å²) < 4.78 is 6.71. The van der Waals surface area contributed by atoms with E-state index in [1.165, 1.54) is 13.1 Å². The molecule has 0 saturated carbocycles. The molecule has 0 aliphatic rings. The minimum absolute atomic E-state index is 0.171. The summed E-state index contributed by atoms with van der Waals surface area (Å²) in [6.07, 6.45) is 1.76. The Kier molecular flexibility index (Phi) is 6.01. The predicted molar refractivity (Wildman–Crippen MR) is 106 cm³/mol. The quantitative estimate of drug-likeness (QED) is 0.613. The Balaban J connectivity index is 1.59. The summed E-state index contributed by atoms with van der Waals surface area (Å²) in [6, 6.07) is 10.3. The molecule has 0 fully saturated rings. The monoisotopic (exact) mass is 394 g/mol. The van der Waals surface area contributed by atoms with Crippen LogP contribution < -0.4 is 5.32 Å². The van der Waals surface area contributed by atoms with Crippen LogP contribution in [-0.4, -0.2) is 45.1 Å². The van der Waals surface area contributed by atoms with Gasteiger partial charge in [-0.3, -0.25) is 14.3 Å². The summed E-state index contributed by atoms with van der Waals surface area (Å²) in [5.74, 6) is -1.38. The first-order valence-corrected chi connectivity index (χ1v) is 9.15. The summed E-state index contributed by atoms with van der Waals surface area (Å²) in [7, 11) is 1.77. The Labute approximate surface area is 167 Å². The zero-order chi connectivity index (χ0) is 21.0. The summed E-state index contributed by atoms with van der Waals surface area (Å²) in [5.41, 5.74) is 2.56. The fraction of sp³-hybridized carbons (Fsp3) is 0.286. The van der Waals surface area contributed by atoms with E-state index < -0.39 is 24.5 Å². The number of Topliss-reactive ketones (excluding diaryl/α,β-unsaturated/α-hetero) is 1. The highest BCUT2D eigenvalue weighted by Crippen LogP contribution is 2.17. The molecule has 2 heterocycles. The van der Waals surface area contributed by atoms with E-state index in [0.29, 0.717) is 12.1 Å². The van der Waals surface area contributed by atoms with Gasteiger partial charge in [0.15, 0.2) is 18.0 Å². The van der Waals surface area contributed by atoms with Gasteiger partial charge in [0.1, 0.15) is 0 Å². The summed E-state index contributed by atoms with van der Waals surface area (Å²) in [5, 5.41) is 7.62. The number of rotatable bonds is 7. The molecule has 0 spiro atoms. The first-order chi connectivity index (χ1) is 13.8. The van der Waals surface area contributed by atoms with E-state index in [0.717, 1.165) is 16.6 Å². The van der Waals surface area contributed by atoms with Crippen LogP contribution in [0.15, 0.2) is 42.6 Å². The van der Waals surface area contributed by atoms with E-state index >= 15 is 0 Å². The van der Waals surface area contributed by atoms with E-state index in [-0.39, 0.29) is 11.3 Å². The van der Waals surface area contributed by atoms with Crippen molar-refractivity contribution in [3.05, 3.63) is 59.4 Å². The zero-order valence-corrected chi connectivity index (χ0v) is 16.5. The Morgan fingerprint density at radius 2 is 1.93 bits per heavy atom. The van der Waals surface area contributed by atoms with Crippen molar-refractivity contribution >= 4 is 28.7 Å². The maximum Gasteiger partial charge on any atom is 0.340 e. The van der Waals surface area contributed by atoms with Gasteiger partial charge in [-0.25, -0.2) is 9.78 Å². The number of carbonyl (C=O) groups excluding carboxylic acids is 3. The Morgan fingerprint density at radius 3 is 2.62 bits per heavy atom. The lowest BCUT2D eigenvalue weighted by atomic mass is 10.0. The highest BCUT2D eigenvalue weighted by molar-refractivity contribution is 5.95. The number of fused-ring (bicyclic) bond motifs is 1. The lowest BCUT2D eigenvalue weighted by Gasteiger charge is -2.16. The number of hydrogen-bond donors (Lipinski definition) is 1. The summed E-state index contributed by atoms with van der Waals surface area (Å²) in [4.78, 5) is 40.6. The van der Waals surface area contributed by atoms with Crippen LogP contribution in [0.4, 0.5) is 0 Å². The van der Waals surface area contributed by atoms with Crippen molar-refractivity contribution in [3.63, 3.8) is 0 Å². The van der Waals surface area contributed by atoms with Crippen LogP contribution in [0.2, 0.25) is 0 Å². The number of nitrogens with one attached hydrogen (secondary N) is 1. The van der Waals surface area contributed by atoms with Gasteiger partial charge in [0, 0.05) is 18.6 Å². The molecule has 2 aromatic heterocycles. The average Bonchev–Trinajstić information content (AvgIpc) is 2.99. The van der Waals surface area contributed by atoms with Crippen molar-refractivity contribution in [2.75, 3.05) is 6.61 Å². The van der Waals surface area contributed by atoms with Gasteiger partial charge in [-0.05, 0) is 31.9 Å². The second kappa shape index (κ2) is 8.64. The molecule has 0 saturated heterocycles. The third kappa shape index (κ3) is 4.84. The molecule has 3 aromatic rings. The lowest BCUT2D eigenvalue weighted by molar-refractivity contribution is -0.128. The molecule has 1 N–H and O–H groups in total. The van der Waals surface area contributed by atoms with Crippen molar-refractivity contribution in [1.82, 2.24) is 20.1 Å². The van der Waals surface area contributed by atoms with Gasteiger partial charge in [-0.2, -0.15) is 5.10 Å². The second-order valence-corrected chi connectivity index (χ2v) is 6.80. The molecule has 1 atom stereocenters. The van der Waals surface area contributed by atoms with Gasteiger partial charge in [-0.15, -0.1) is 0 Å². The predicted octanol–water partition coefficient (Wildman–Crippen LogP) is 1.75. The zero-order valence-electron chi connectivity index (χ0n) is 16.5. The van der Waals surface area contributed by atoms with E-state index in [1.54, 1.807) is 17.8 Å². The molecule has 1 unspecified atom stereocenters. The minimum Gasteiger partial charge on any atom is -0.452 e. The number of nitrogens with zero attached hydrogens (tertiary/aromatic N) is 3. The van der Waals surface area contributed by atoms with Crippen LogP contribution in [0.5, 0.6) is 0 Å². The number of pyridine rings is 1. The molecule has 8 heteroatoms. The Bertz CT molecular complexity index is 1060. The molecular weight excluding hydrogens is 372 g/mol. The normalized spacial score (nSPS) is 11.8. The molecule has 0 radical (unpaired) electrons. The van der Waals surface area contributed by atoms with E-state index in [2.05, 4.69) is 15.4 Å². The number of aromatic nitrogens is 3. The van der Waals surface area contributed by atoms with Crippen molar-refractivity contribution in [2.45, 2.75) is 26.3 Å². The number of hydrogen-bond acceptors (Lipinski definition) is 6. The van der Waals surface area contributed by atoms with Gasteiger partial charge >= 0.3 is 5.97 Å². The van der Waals surface area contributed by atoms with Gasteiger partial charge in [-0.1, -0.05) is 30.3 Å². The third-order valence-electron chi connectivity index (χ3n) is 4.54. The number of carbonyl (C=O) groups is 3. The lowest BCUT2D eigenvalue weighted by Crippen LogP contribution is -2.43. The molecule has 0 aliphatic carbocycles. The molecule has 0 aliphatic heterocycles. The summed E-state index contributed by atoms with van der Waals surface area (Å²) in [6.45, 7) is 2.75. The fourth-order valence-electron chi connectivity index (χ4n) is 3.02. The van der Waals surface area contributed by atoms with E-state index in [9.17, 15) is 14.4 Å². The van der Waals surface area contributed by atoms with Crippen molar-refractivity contribution in [1.29, 1.82) is 0 Å². The van der Waals surface area contributed by atoms with Crippen LogP contribution in [-0.2, 0) is 27.8 Å². The van der Waals surface area contributed by atoms with Crippen LogP contribution in [0, 0.1) is 6.92 Å². The highest BCUT2D eigenvalue weighted by Gasteiger charge is 2.19. The number of esters is 1. The Morgan fingerprint density at radius 1 is 1.21 bits per heavy atom. The number of benzene rings is 1. The van der Waals surface area contributed by atoms with Gasteiger partial charge in [0.2, 0.25) is 0 Å². The smallest absolute Gasteiger partial charge is 0.340 e. The molecule has 29 heavy (non-hydrogen) atoms. The SMILES string of the molecule is CC(=O)C(Cc1ccccc1)NC(=O)COC(=O)c1cnc2c(c1)c(C)nn2C. The van der Waals surface area contributed by atoms with E-state index in [1.807, 2.05) is 37.3 Å². The van der Waals surface area contributed by atoms with E-state index in [4.69, 9.17) is 4.74 Å². The maximum absolute atomic E-state index is 12.3. The second-order valence-electron chi connectivity index (χ2n) is 6.80. The first kappa shape index (κ1) is 20.2. The first-order valence-electron chi connectivity index (χ1n) is 9.15. The van der Waals surface area contributed by atoms with Gasteiger partial charge < -0.3 is 10.1 Å². The fourth-order valence-corrected chi connectivity index (χ4v) is 3.02. The standard InChI is InChI=1S/C21H22N4O4/c1-13-17-10-16(11-22-20(17)25(3)24-13)21(28)29-12-19(27)23-18(14(2)26)9-15-7-5-4-6-8-15/h4-8,10-11,18H,9,12H2,1-3H3,(H,23,27). The van der Waals surface area contributed by atoms with Crippen molar-refractivity contribution < 1.29 is 19.1 Å². The molecule has 1 amide bonds. The highest BCUT2D eigenvalue weighted by atomic mass is 16.5. The number of ether oxygens (including phenoxy) is 1. The molecule has 150 valence electrons. The van der Waals surface area contributed by atoms with Crippen LogP contribution >= 0.6 is 0 Å². The number of aryl methyl sites for hydroxylation is 2. The molecule has 8 nitrogen and oxygen atoms in total.